The molecule has 0 radical (unpaired) electrons. The molecule has 0 saturated carbocycles. The normalized spacial score (nSPS) is 13.5. The zero-order chi connectivity index (χ0) is 17.4. The van der Waals surface area contributed by atoms with Crippen molar-refractivity contribution >= 4 is 17.3 Å². The van der Waals surface area contributed by atoms with Gasteiger partial charge in [0.05, 0.1) is 22.9 Å². The summed E-state index contributed by atoms with van der Waals surface area (Å²) in [6.45, 7) is 6.14. The smallest absolute Gasteiger partial charge is 0.143 e. The largest absolute Gasteiger partial charge is 0.490 e. The summed E-state index contributed by atoms with van der Waals surface area (Å²) in [5.41, 5.74) is 4.96. The predicted molar refractivity (Wildman–Crippen MR) is 99.4 cm³/mol. The van der Waals surface area contributed by atoms with Crippen LogP contribution in [0.15, 0.2) is 47.0 Å². The molecule has 0 spiro atoms. The van der Waals surface area contributed by atoms with Crippen molar-refractivity contribution < 1.29 is 9.26 Å². The van der Waals surface area contributed by atoms with Gasteiger partial charge in [-0.25, -0.2) is 0 Å². The molecule has 1 aliphatic rings. The lowest BCUT2D eigenvalue weighted by atomic mass is 10.0. The molecule has 0 atom stereocenters. The fourth-order valence-corrected chi connectivity index (χ4v) is 3.57. The molecule has 0 amide bonds. The zero-order valence-electron chi connectivity index (χ0n) is 14.3. The van der Waals surface area contributed by atoms with Gasteiger partial charge in [-0.3, -0.25) is 0 Å². The highest BCUT2D eigenvalue weighted by molar-refractivity contribution is 6.33. The van der Waals surface area contributed by atoms with Crippen molar-refractivity contribution in [1.82, 2.24) is 5.16 Å². The summed E-state index contributed by atoms with van der Waals surface area (Å²) in [6, 6.07) is 14.4. The van der Waals surface area contributed by atoms with Crippen molar-refractivity contribution in [3.8, 4) is 16.9 Å². The van der Waals surface area contributed by atoms with Crippen LogP contribution in [0.3, 0.4) is 0 Å². The first kappa shape index (κ1) is 16.0. The number of hydrogen-bond acceptors (Lipinski definition) is 4. The molecule has 2 heterocycles. The van der Waals surface area contributed by atoms with Gasteiger partial charge in [0.1, 0.15) is 18.1 Å². The van der Waals surface area contributed by atoms with E-state index < -0.39 is 0 Å². The Bertz CT molecular complexity index is 886. The summed E-state index contributed by atoms with van der Waals surface area (Å²) >= 11 is 6.61. The van der Waals surface area contributed by atoms with Gasteiger partial charge >= 0.3 is 0 Å². The van der Waals surface area contributed by atoms with Crippen LogP contribution in [0, 0.1) is 13.8 Å². The van der Waals surface area contributed by atoms with Crippen molar-refractivity contribution in [3.05, 3.63) is 64.5 Å². The van der Waals surface area contributed by atoms with E-state index in [0.717, 1.165) is 47.1 Å². The molecular weight excluding hydrogens is 336 g/mol. The average molecular weight is 355 g/mol. The van der Waals surface area contributed by atoms with Crippen LogP contribution in [-0.4, -0.2) is 18.3 Å². The zero-order valence-corrected chi connectivity index (χ0v) is 15.0. The fraction of sp³-hybridized carbons (Fsp3) is 0.250. The Morgan fingerprint density at radius 2 is 1.96 bits per heavy atom. The molecule has 25 heavy (non-hydrogen) atoms. The topological polar surface area (TPSA) is 38.5 Å². The maximum absolute atomic E-state index is 6.61. The Labute approximate surface area is 152 Å². The second kappa shape index (κ2) is 6.45. The number of aryl methyl sites for hydroxylation is 2. The predicted octanol–water partition coefficient (Wildman–Crippen LogP) is 5.01. The van der Waals surface area contributed by atoms with Crippen molar-refractivity contribution in [1.29, 1.82) is 0 Å². The van der Waals surface area contributed by atoms with Gasteiger partial charge in [0.25, 0.3) is 0 Å². The van der Waals surface area contributed by atoms with E-state index in [9.17, 15) is 0 Å². The van der Waals surface area contributed by atoms with Crippen molar-refractivity contribution in [3.63, 3.8) is 0 Å². The Kier molecular flexibility index (Phi) is 4.14. The third-order valence-electron chi connectivity index (χ3n) is 4.53. The summed E-state index contributed by atoms with van der Waals surface area (Å²) in [4.78, 5) is 2.30. The van der Waals surface area contributed by atoms with E-state index >= 15 is 0 Å². The lowest BCUT2D eigenvalue weighted by Gasteiger charge is -2.32. The molecule has 0 bridgehead atoms. The van der Waals surface area contributed by atoms with Crippen LogP contribution in [0.2, 0.25) is 5.02 Å². The second-order valence-electron chi connectivity index (χ2n) is 6.25. The molecule has 1 aliphatic heterocycles. The highest BCUT2D eigenvalue weighted by Crippen LogP contribution is 2.42. The molecular formula is C20H19ClN2O2. The van der Waals surface area contributed by atoms with E-state index in [1.54, 1.807) is 0 Å². The minimum Gasteiger partial charge on any atom is -0.490 e. The van der Waals surface area contributed by atoms with Crippen molar-refractivity contribution in [2.24, 2.45) is 0 Å². The Morgan fingerprint density at radius 1 is 1.16 bits per heavy atom. The fourth-order valence-electron chi connectivity index (χ4n) is 3.32. The third-order valence-corrected chi connectivity index (χ3v) is 4.84. The average Bonchev–Trinajstić information content (AvgIpc) is 2.95. The first-order valence-corrected chi connectivity index (χ1v) is 8.70. The minimum absolute atomic E-state index is 0.655. The highest BCUT2D eigenvalue weighted by atomic mass is 35.5. The molecule has 3 aromatic rings. The van der Waals surface area contributed by atoms with E-state index in [2.05, 4.69) is 34.3 Å². The molecule has 1 aromatic heterocycles. The van der Waals surface area contributed by atoms with Gasteiger partial charge in [-0.1, -0.05) is 47.1 Å². The van der Waals surface area contributed by atoms with Crippen LogP contribution >= 0.6 is 11.6 Å². The van der Waals surface area contributed by atoms with Gasteiger partial charge in [-0.15, -0.1) is 0 Å². The lowest BCUT2D eigenvalue weighted by molar-refractivity contribution is 0.307. The van der Waals surface area contributed by atoms with Crippen LogP contribution in [0.25, 0.3) is 11.1 Å². The molecule has 128 valence electrons. The SMILES string of the molecule is Cc1noc(C)c1-c1cc2c(cc1Cl)N(Cc1ccccc1)CCO2. The number of ether oxygens (including phenoxy) is 1. The third kappa shape index (κ3) is 2.98. The van der Waals surface area contributed by atoms with Crippen LogP contribution in [0.1, 0.15) is 17.0 Å². The molecule has 2 aromatic carbocycles. The standard InChI is InChI=1S/C20H19ClN2O2/c1-13-20(14(2)25-22-13)16-10-19-18(11-17(16)21)23(8-9-24-19)12-15-6-4-3-5-7-15/h3-7,10-11H,8-9,12H2,1-2H3. The van der Waals surface area contributed by atoms with Gasteiger partial charge in [0.2, 0.25) is 0 Å². The molecule has 0 N–H and O–H groups in total. The van der Waals surface area contributed by atoms with Crippen LogP contribution in [0.4, 0.5) is 5.69 Å². The number of halogens is 1. The van der Waals surface area contributed by atoms with E-state index in [0.29, 0.717) is 11.6 Å². The molecule has 4 nitrogen and oxygen atoms in total. The van der Waals surface area contributed by atoms with Crippen LogP contribution in [-0.2, 0) is 6.54 Å². The monoisotopic (exact) mass is 354 g/mol. The van der Waals surface area contributed by atoms with E-state index in [1.165, 1.54) is 5.56 Å². The van der Waals surface area contributed by atoms with E-state index in [-0.39, 0.29) is 0 Å². The molecule has 0 fully saturated rings. The summed E-state index contributed by atoms with van der Waals surface area (Å²) in [5.74, 6) is 1.61. The molecule has 4 rings (SSSR count). The Hall–Kier alpha value is -2.46. The van der Waals surface area contributed by atoms with E-state index in [4.69, 9.17) is 20.9 Å². The Balaban J connectivity index is 1.73. The number of fused-ring (bicyclic) bond motifs is 1. The number of hydrogen-bond donors (Lipinski definition) is 0. The number of anilines is 1. The van der Waals surface area contributed by atoms with Gasteiger partial charge in [0.15, 0.2) is 0 Å². The van der Waals surface area contributed by atoms with E-state index in [1.807, 2.05) is 32.0 Å². The minimum atomic E-state index is 0.655. The summed E-state index contributed by atoms with van der Waals surface area (Å²) < 4.78 is 11.2. The van der Waals surface area contributed by atoms with Gasteiger partial charge in [-0.05, 0) is 31.5 Å². The van der Waals surface area contributed by atoms with Crippen LogP contribution < -0.4 is 9.64 Å². The highest BCUT2D eigenvalue weighted by Gasteiger charge is 2.23. The van der Waals surface area contributed by atoms with Crippen molar-refractivity contribution in [2.75, 3.05) is 18.1 Å². The first-order chi connectivity index (χ1) is 12.1. The Morgan fingerprint density at radius 3 is 2.68 bits per heavy atom. The number of benzene rings is 2. The molecule has 5 heteroatoms. The number of rotatable bonds is 3. The maximum Gasteiger partial charge on any atom is 0.143 e. The summed E-state index contributed by atoms with van der Waals surface area (Å²) in [7, 11) is 0. The molecule has 0 saturated heterocycles. The maximum atomic E-state index is 6.61. The van der Waals surface area contributed by atoms with Gasteiger partial charge in [-0.2, -0.15) is 0 Å². The second-order valence-corrected chi connectivity index (χ2v) is 6.66. The number of aromatic nitrogens is 1. The molecule has 0 aliphatic carbocycles. The van der Waals surface area contributed by atoms with Crippen LogP contribution in [0.5, 0.6) is 5.75 Å². The quantitative estimate of drug-likeness (QED) is 0.662. The van der Waals surface area contributed by atoms with Gasteiger partial charge in [0, 0.05) is 17.7 Å². The summed E-state index contributed by atoms with van der Waals surface area (Å²) in [5, 5.41) is 4.71. The lowest BCUT2D eigenvalue weighted by Crippen LogP contribution is -2.32. The van der Waals surface area contributed by atoms with Gasteiger partial charge < -0.3 is 14.2 Å². The summed E-state index contributed by atoms with van der Waals surface area (Å²) in [6.07, 6.45) is 0. The molecule has 0 unspecified atom stereocenters. The first-order valence-electron chi connectivity index (χ1n) is 8.32. The number of nitrogens with zero attached hydrogens (tertiary/aromatic N) is 2. The van der Waals surface area contributed by atoms with Crippen molar-refractivity contribution in [2.45, 2.75) is 20.4 Å².